The zero-order chi connectivity index (χ0) is 12.4. The van der Waals surface area contributed by atoms with Crippen molar-refractivity contribution >= 4 is 11.6 Å². The van der Waals surface area contributed by atoms with E-state index in [1.807, 2.05) is 0 Å². The molecule has 5 nitrogen and oxygen atoms in total. The second-order valence-electron chi connectivity index (χ2n) is 3.99. The summed E-state index contributed by atoms with van der Waals surface area (Å²) in [6, 6.07) is 0.753. The molecule has 17 heavy (non-hydrogen) atoms. The van der Waals surface area contributed by atoms with E-state index in [-0.39, 0.29) is 17.7 Å². The number of hydrazine groups is 1. The maximum Gasteiger partial charge on any atom is 0.178 e. The van der Waals surface area contributed by atoms with Crippen molar-refractivity contribution in [2.75, 3.05) is 23.4 Å². The topological polar surface area (TPSA) is 74.4 Å². The van der Waals surface area contributed by atoms with E-state index in [4.69, 9.17) is 5.84 Å². The monoisotopic (exact) mass is 244 g/mol. The number of nitrogens with one attached hydrogen (secondary N) is 1. The van der Waals surface area contributed by atoms with Gasteiger partial charge in [0.25, 0.3) is 0 Å². The summed E-state index contributed by atoms with van der Waals surface area (Å²) >= 11 is 0. The standard InChI is InChI=1S/C10H14F2N4O/c11-7-5-8(12)10(14-9(7)15-13)16-3-1-6(17)2-4-16/h5-6,17H,1-4,13H2,(H,14,15). The first-order valence-electron chi connectivity index (χ1n) is 5.37. The highest BCUT2D eigenvalue weighted by atomic mass is 19.1. The number of aliphatic hydroxyl groups excluding tert-OH is 1. The minimum absolute atomic E-state index is 0.0613. The molecule has 94 valence electrons. The lowest BCUT2D eigenvalue weighted by molar-refractivity contribution is 0.145. The number of aromatic nitrogens is 1. The van der Waals surface area contributed by atoms with Crippen LogP contribution in [0.2, 0.25) is 0 Å². The Bertz CT molecular complexity index is 408. The van der Waals surface area contributed by atoms with Crippen molar-refractivity contribution in [1.82, 2.24) is 4.98 Å². The molecule has 1 aromatic heterocycles. The average molecular weight is 244 g/mol. The second-order valence-corrected chi connectivity index (χ2v) is 3.99. The van der Waals surface area contributed by atoms with Crippen LogP contribution in [0.5, 0.6) is 0 Å². The van der Waals surface area contributed by atoms with Crippen molar-refractivity contribution < 1.29 is 13.9 Å². The zero-order valence-corrected chi connectivity index (χ0v) is 9.16. The van der Waals surface area contributed by atoms with Gasteiger partial charge in [-0.15, -0.1) is 0 Å². The van der Waals surface area contributed by atoms with Gasteiger partial charge < -0.3 is 15.4 Å². The quantitative estimate of drug-likeness (QED) is 0.525. The van der Waals surface area contributed by atoms with Gasteiger partial charge in [-0.1, -0.05) is 0 Å². The summed E-state index contributed by atoms with van der Waals surface area (Å²) in [5, 5.41) is 9.35. The van der Waals surface area contributed by atoms with Crippen LogP contribution in [0.4, 0.5) is 20.4 Å². The van der Waals surface area contributed by atoms with E-state index in [0.29, 0.717) is 25.9 Å². The van der Waals surface area contributed by atoms with Gasteiger partial charge >= 0.3 is 0 Å². The minimum atomic E-state index is -0.828. The van der Waals surface area contributed by atoms with E-state index in [1.54, 1.807) is 4.90 Å². The molecule has 0 atom stereocenters. The molecule has 7 heteroatoms. The highest BCUT2D eigenvalue weighted by Gasteiger charge is 2.22. The normalized spacial score (nSPS) is 17.3. The van der Waals surface area contributed by atoms with Crippen LogP contribution in [-0.2, 0) is 0 Å². The van der Waals surface area contributed by atoms with Crippen LogP contribution >= 0.6 is 0 Å². The molecule has 1 aliphatic rings. The highest BCUT2D eigenvalue weighted by Crippen LogP contribution is 2.24. The van der Waals surface area contributed by atoms with E-state index >= 15 is 0 Å². The van der Waals surface area contributed by atoms with Crippen molar-refractivity contribution in [2.24, 2.45) is 5.84 Å². The number of anilines is 2. The van der Waals surface area contributed by atoms with E-state index in [0.717, 1.165) is 6.07 Å². The Morgan fingerprint density at radius 3 is 2.59 bits per heavy atom. The van der Waals surface area contributed by atoms with Crippen molar-refractivity contribution in [2.45, 2.75) is 18.9 Å². The first kappa shape index (κ1) is 12.0. The Balaban J connectivity index is 2.25. The SMILES string of the molecule is NNc1nc(N2CCC(O)CC2)c(F)cc1F. The van der Waals surface area contributed by atoms with E-state index in [2.05, 4.69) is 10.4 Å². The first-order chi connectivity index (χ1) is 8.11. The number of piperidine rings is 1. The van der Waals surface area contributed by atoms with Gasteiger partial charge in [0.15, 0.2) is 23.3 Å². The predicted octanol–water partition coefficient (Wildman–Crippen LogP) is 0.606. The number of pyridine rings is 1. The van der Waals surface area contributed by atoms with Gasteiger partial charge in [-0.3, -0.25) is 0 Å². The third kappa shape index (κ3) is 2.45. The van der Waals surface area contributed by atoms with Crippen LogP contribution in [0.15, 0.2) is 6.07 Å². The van der Waals surface area contributed by atoms with Crippen LogP contribution in [0.1, 0.15) is 12.8 Å². The van der Waals surface area contributed by atoms with Gasteiger partial charge in [0, 0.05) is 19.2 Å². The third-order valence-corrected chi connectivity index (χ3v) is 2.81. The van der Waals surface area contributed by atoms with Gasteiger partial charge in [0.1, 0.15) is 0 Å². The maximum absolute atomic E-state index is 13.6. The van der Waals surface area contributed by atoms with Gasteiger partial charge in [0.2, 0.25) is 0 Å². The summed E-state index contributed by atoms with van der Waals surface area (Å²) in [7, 11) is 0. The lowest BCUT2D eigenvalue weighted by Crippen LogP contribution is -2.37. The molecule has 0 amide bonds. The van der Waals surface area contributed by atoms with Crippen LogP contribution in [0.3, 0.4) is 0 Å². The molecule has 0 spiro atoms. The third-order valence-electron chi connectivity index (χ3n) is 2.81. The van der Waals surface area contributed by atoms with Crippen molar-refractivity contribution in [3.05, 3.63) is 17.7 Å². The molecule has 2 heterocycles. The van der Waals surface area contributed by atoms with Gasteiger partial charge in [-0.25, -0.2) is 19.6 Å². The molecule has 4 N–H and O–H groups in total. The lowest BCUT2D eigenvalue weighted by atomic mass is 10.1. The summed E-state index contributed by atoms with van der Waals surface area (Å²) in [5.41, 5.74) is 2.08. The summed E-state index contributed by atoms with van der Waals surface area (Å²) in [6.07, 6.45) is 0.732. The molecule has 2 rings (SSSR count). The Morgan fingerprint density at radius 2 is 2.00 bits per heavy atom. The van der Waals surface area contributed by atoms with Crippen molar-refractivity contribution in [1.29, 1.82) is 0 Å². The number of hydrogen-bond donors (Lipinski definition) is 3. The summed E-state index contributed by atoms with van der Waals surface area (Å²) in [5.74, 6) is 3.41. The molecular formula is C10H14F2N4O. The molecule has 1 saturated heterocycles. The van der Waals surface area contributed by atoms with Crippen LogP contribution in [0.25, 0.3) is 0 Å². The predicted molar refractivity (Wildman–Crippen MR) is 59.4 cm³/mol. The summed E-state index contributed by atoms with van der Waals surface area (Å²) in [4.78, 5) is 5.47. The Kier molecular flexibility index (Phi) is 3.39. The van der Waals surface area contributed by atoms with Crippen LogP contribution in [0, 0.1) is 11.6 Å². The van der Waals surface area contributed by atoms with Crippen LogP contribution in [-0.4, -0.2) is 29.3 Å². The first-order valence-corrected chi connectivity index (χ1v) is 5.37. The largest absolute Gasteiger partial charge is 0.393 e. The van der Waals surface area contributed by atoms with Gasteiger partial charge in [0.05, 0.1) is 6.10 Å². The maximum atomic E-state index is 13.6. The van der Waals surface area contributed by atoms with E-state index in [1.165, 1.54) is 0 Å². The van der Waals surface area contributed by atoms with E-state index < -0.39 is 11.6 Å². The smallest absolute Gasteiger partial charge is 0.178 e. The number of hydrogen-bond acceptors (Lipinski definition) is 5. The van der Waals surface area contributed by atoms with Gasteiger partial charge in [-0.05, 0) is 12.8 Å². The zero-order valence-electron chi connectivity index (χ0n) is 9.16. The summed E-state index contributed by atoms with van der Waals surface area (Å²) in [6.45, 7) is 0.974. The van der Waals surface area contributed by atoms with Gasteiger partial charge in [-0.2, -0.15) is 0 Å². The molecular weight excluding hydrogens is 230 g/mol. The fourth-order valence-corrected chi connectivity index (χ4v) is 1.86. The Morgan fingerprint density at radius 1 is 1.35 bits per heavy atom. The number of aliphatic hydroxyl groups is 1. The number of nitrogen functional groups attached to an aromatic ring is 1. The molecule has 1 fully saturated rings. The Hall–Kier alpha value is -1.47. The average Bonchev–Trinajstić information content (AvgIpc) is 2.31. The second kappa shape index (κ2) is 4.80. The molecule has 0 radical (unpaired) electrons. The number of rotatable bonds is 2. The fourth-order valence-electron chi connectivity index (χ4n) is 1.86. The molecule has 0 saturated carbocycles. The number of nitrogens with two attached hydrogens (primary N) is 1. The fraction of sp³-hybridized carbons (Fsp3) is 0.500. The van der Waals surface area contributed by atoms with E-state index in [9.17, 15) is 13.9 Å². The minimum Gasteiger partial charge on any atom is -0.393 e. The lowest BCUT2D eigenvalue weighted by Gasteiger charge is -2.30. The molecule has 0 aromatic carbocycles. The molecule has 0 aliphatic carbocycles. The molecule has 1 aromatic rings. The highest BCUT2D eigenvalue weighted by molar-refractivity contribution is 5.49. The number of halogens is 2. The molecule has 1 aliphatic heterocycles. The molecule has 0 bridgehead atoms. The van der Waals surface area contributed by atoms with Crippen molar-refractivity contribution in [3.63, 3.8) is 0 Å². The Labute approximate surface area is 97.2 Å². The summed E-state index contributed by atoms with van der Waals surface area (Å²) < 4.78 is 26.7. The van der Waals surface area contributed by atoms with Crippen molar-refractivity contribution in [3.8, 4) is 0 Å². The molecule has 0 unspecified atom stereocenters. The number of nitrogens with zero attached hydrogens (tertiary/aromatic N) is 2. The van der Waals surface area contributed by atoms with Crippen LogP contribution < -0.4 is 16.2 Å².